The summed E-state index contributed by atoms with van der Waals surface area (Å²) in [6.45, 7) is 0. The third-order valence-electron chi connectivity index (χ3n) is 4.24. The molecule has 134 valence electrons. The largest absolute Gasteiger partial charge is 0.573 e. The molecule has 1 aliphatic carbocycles. The lowest BCUT2D eigenvalue weighted by Crippen LogP contribution is -2.17. The first-order valence-electron chi connectivity index (χ1n) is 7.66. The van der Waals surface area contributed by atoms with Crippen molar-refractivity contribution in [3.05, 3.63) is 52.0 Å². The van der Waals surface area contributed by atoms with Gasteiger partial charge in [-0.3, -0.25) is 5.10 Å². The van der Waals surface area contributed by atoms with Crippen molar-refractivity contribution in [3.63, 3.8) is 0 Å². The molecule has 3 aromatic rings. The molecule has 1 heterocycles. The van der Waals surface area contributed by atoms with Gasteiger partial charge in [0, 0.05) is 27.6 Å². The van der Waals surface area contributed by atoms with Crippen molar-refractivity contribution < 1.29 is 22.6 Å². The molecule has 4 rings (SSSR count). The molecule has 1 aliphatic rings. The number of methoxy groups -OCH3 is 1. The van der Waals surface area contributed by atoms with Gasteiger partial charge in [0.05, 0.1) is 18.5 Å². The lowest BCUT2D eigenvalue weighted by atomic mass is 10.1. The fraction of sp³-hybridized carbons (Fsp3) is 0.167. The molecule has 0 aliphatic heterocycles. The maximum absolute atomic E-state index is 12.7. The van der Waals surface area contributed by atoms with Crippen LogP contribution in [-0.2, 0) is 6.42 Å². The predicted molar refractivity (Wildman–Crippen MR) is 93.2 cm³/mol. The quantitative estimate of drug-likeness (QED) is 0.484. The summed E-state index contributed by atoms with van der Waals surface area (Å²) in [4.78, 5) is 0. The first-order valence-corrected chi connectivity index (χ1v) is 8.45. The van der Waals surface area contributed by atoms with Crippen LogP contribution in [0, 0.1) is 0 Å². The SMILES string of the molecule is COc1cc2c(cc1OC(F)(F)F)-c1[nH]nc(-c3ccc(Br)cc3)c1C2. The number of fused-ring (bicyclic) bond motifs is 3. The normalized spacial score (nSPS) is 12.7. The van der Waals surface area contributed by atoms with Crippen LogP contribution in [0.5, 0.6) is 11.5 Å². The zero-order valence-corrected chi connectivity index (χ0v) is 15.0. The van der Waals surface area contributed by atoms with Gasteiger partial charge < -0.3 is 9.47 Å². The molecule has 4 nitrogen and oxygen atoms in total. The topological polar surface area (TPSA) is 47.1 Å². The van der Waals surface area contributed by atoms with Crippen molar-refractivity contribution in [2.75, 3.05) is 7.11 Å². The highest BCUT2D eigenvalue weighted by Crippen LogP contribution is 2.45. The molecule has 26 heavy (non-hydrogen) atoms. The number of nitrogens with zero attached hydrogens (tertiary/aromatic N) is 1. The minimum atomic E-state index is -4.79. The molecule has 1 N–H and O–H groups in total. The molecule has 0 unspecified atom stereocenters. The molecular weight excluding hydrogens is 413 g/mol. The summed E-state index contributed by atoms with van der Waals surface area (Å²) in [6, 6.07) is 10.6. The number of H-pyrrole nitrogens is 1. The van der Waals surface area contributed by atoms with Gasteiger partial charge >= 0.3 is 6.36 Å². The van der Waals surface area contributed by atoms with Gasteiger partial charge in [-0.1, -0.05) is 28.1 Å². The van der Waals surface area contributed by atoms with Crippen LogP contribution in [0.25, 0.3) is 22.5 Å². The summed E-state index contributed by atoms with van der Waals surface area (Å²) in [6.07, 6.45) is -4.24. The van der Waals surface area contributed by atoms with Gasteiger partial charge in [0.1, 0.15) is 0 Å². The molecular formula is C18H12BrF3N2O2. The van der Waals surface area contributed by atoms with Crippen molar-refractivity contribution >= 4 is 15.9 Å². The molecule has 8 heteroatoms. The van der Waals surface area contributed by atoms with Crippen LogP contribution in [0.1, 0.15) is 11.1 Å². The second-order valence-corrected chi connectivity index (χ2v) is 6.73. The zero-order valence-electron chi connectivity index (χ0n) is 13.4. The van der Waals surface area contributed by atoms with Crippen LogP contribution in [-0.4, -0.2) is 23.7 Å². The molecule has 0 saturated heterocycles. The summed E-state index contributed by atoms with van der Waals surface area (Å²) in [5.74, 6) is -0.323. The van der Waals surface area contributed by atoms with Crippen molar-refractivity contribution in [3.8, 4) is 34.0 Å². The molecule has 0 spiro atoms. The highest BCUT2D eigenvalue weighted by molar-refractivity contribution is 9.10. The van der Waals surface area contributed by atoms with Gasteiger partial charge in [0.25, 0.3) is 0 Å². The van der Waals surface area contributed by atoms with Gasteiger partial charge in [0.15, 0.2) is 11.5 Å². The third-order valence-corrected chi connectivity index (χ3v) is 4.77. The maximum Gasteiger partial charge on any atom is 0.573 e. The third kappa shape index (κ3) is 2.94. The Morgan fingerprint density at radius 2 is 1.85 bits per heavy atom. The Morgan fingerprint density at radius 3 is 2.50 bits per heavy atom. The number of hydrogen-bond acceptors (Lipinski definition) is 3. The molecule has 1 aromatic heterocycles. The smallest absolute Gasteiger partial charge is 0.493 e. The lowest BCUT2D eigenvalue weighted by molar-refractivity contribution is -0.275. The second-order valence-electron chi connectivity index (χ2n) is 5.82. The first kappa shape index (κ1) is 17.0. The van der Waals surface area contributed by atoms with Crippen molar-refractivity contribution in [2.45, 2.75) is 12.8 Å². The Labute approximate surface area is 155 Å². The first-order chi connectivity index (χ1) is 12.4. The monoisotopic (exact) mass is 424 g/mol. The highest BCUT2D eigenvalue weighted by Gasteiger charge is 2.34. The number of nitrogens with one attached hydrogen (secondary N) is 1. The van der Waals surface area contributed by atoms with E-state index in [0.29, 0.717) is 17.7 Å². The Hall–Kier alpha value is -2.48. The zero-order chi connectivity index (χ0) is 18.5. The molecule has 0 saturated carbocycles. The van der Waals surface area contributed by atoms with E-state index in [2.05, 4.69) is 30.9 Å². The number of alkyl halides is 3. The fourth-order valence-electron chi connectivity index (χ4n) is 3.14. The van der Waals surface area contributed by atoms with Gasteiger partial charge in [-0.15, -0.1) is 13.2 Å². The Kier molecular flexibility index (Phi) is 3.95. The maximum atomic E-state index is 12.7. The van der Waals surface area contributed by atoms with Gasteiger partial charge in [-0.05, 0) is 29.8 Å². The minimum absolute atomic E-state index is 0.0457. The van der Waals surface area contributed by atoms with Crippen molar-refractivity contribution in [2.24, 2.45) is 0 Å². The summed E-state index contributed by atoms with van der Waals surface area (Å²) < 4.78 is 48.1. The fourth-order valence-corrected chi connectivity index (χ4v) is 3.41. The number of rotatable bonds is 3. The number of benzene rings is 2. The van der Waals surface area contributed by atoms with Crippen molar-refractivity contribution in [1.82, 2.24) is 10.2 Å². The van der Waals surface area contributed by atoms with E-state index in [-0.39, 0.29) is 11.5 Å². The Bertz CT molecular complexity index is 981. The summed E-state index contributed by atoms with van der Waals surface area (Å²) in [5, 5.41) is 7.29. The van der Waals surface area contributed by atoms with E-state index in [9.17, 15) is 13.2 Å². The van der Waals surface area contributed by atoms with E-state index >= 15 is 0 Å². The van der Waals surface area contributed by atoms with Gasteiger partial charge in [-0.25, -0.2) is 0 Å². The van der Waals surface area contributed by atoms with Crippen LogP contribution in [0.4, 0.5) is 13.2 Å². The van der Waals surface area contributed by atoms with Crippen LogP contribution < -0.4 is 9.47 Å². The molecule has 0 bridgehead atoms. The summed E-state index contributed by atoms with van der Waals surface area (Å²) in [5.41, 5.74) is 4.84. The van der Waals surface area contributed by atoms with E-state index in [4.69, 9.17) is 4.74 Å². The molecule has 0 fully saturated rings. The number of aromatic nitrogens is 2. The average molecular weight is 425 g/mol. The van der Waals surface area contributed by atoms with Crippen LogP contribution in [0.3, 0.4) is 0 Å². The summed E-state index contributed by atoms with van der Waals surface area (Å²) in [7, 11) is 1.31. The number of ether oxygens (including phenoxy) is 2. The van der Waals surface area contributed by atoms with Crippen molar-refractivity contribution in [1.29, 1.82) is 0 Å². The van der Waals surface area contributed by atoms with E-state index < -0.39 is 6.36 Å². The van der Waals surface area contributed by atoms with E-state index in [0.717, 1.165) is 26.9 Å². The van der Waals surface area contributed by atoms with Crippen LogP contribution >= 0.6 is 15.9 Å². The molecule has 0 radical (unpaired) electrons. The highest BCUT2D eigenvalue weighted by atomic mass is 79.9. The Balaban J connectivity index is 1.78. The molecule has 2 aromatic carbocycles. The van der Waals surface area contributed by atoms with Crippen LogP contribution in [0.2, 0.25) is 0 Å². The van der Waals surface area contributed by atoms with Gasteiger partial charge in [0.2, 0.25) is 0 Å². The van der Waals surface area contributed by atoms with Gasteiger partial charge in [-0.2, -0.15) is 5.10 Å². The van der Waals surface area contributed by atoms with E-state index in [1.807, 2.05) is 24.3 Å². The molecule has 0 atom stereocenters. The molecule has 0 amide bonds. The minimum Gasteiger partial charge on any atom is -0.493 e. The van der Waals surface area contributed by atoms with Crippen LogP contribution in [0.15, 0.2) is 40.9 Å². The number of hydrogen-bond donors (Lipinski definition) is 1. The summed E-state index contributed by atoms with van der Waals surface area (Å²) >= 11 is 3.39. The number of aromatic amines is 1. The Morgan fingerprint density at radius 1 is 1.12 bits per heavy atom. The predicted octanol–water partition coefficient (Wildman–Crippen LogP) is 5.32. The average Bonchev–Trinajstić information content (AvgIpc) is 3.13. The lowest BCUT2D eigenvalue weighted by Gasteiger charge is -2.14. The van der Waals surface area contributed by atoms with E-state index in [1.54, 1.807) is 6.07 Å². The standard InChI is InChI=1S/C18H12BrF3N2O2/c1-25-14-7-10-6-13-16(9-2-4-11(19)5-3-9)23-24-17(13)12(10)8-15(14)26-18(20,21)22/h2-5,7-8H,6H2,1H3,(H,23,24). The number of halogens is 4. The van der Waals surface area contributed by atoms with E-state index in [1.165, 1.54) is 13.2 Å². The second kappa shape index (κ2) is 6.05.